The topological polar surface area (TPSA) is 35.2 Å². The second kappa shape index (κ2) is 5.73. The molecule has 0 atom stereocenters. The van der Waals surface area contributed by atoms with Crippen molar-refractivity contribution in [2.75, 3.05) is 11.5 Å². The fourth-order valence-electron chi connectivity index (χ4n) is 1.07. The lowest BCUT2D eigenvalue weighted by atomic mass is 10.2. The Hall–Kier alpha value is -1.48. The second-order valence-electron chi connectivity index (χ2n) is 3.08. The van der Waals surface area contributed by atoms with Crippen LogP contribution in [0.5, 0.6) is 5.75 Å². The maximum absolute atomic E-state index is 12.1. The van der Waals surface area contributed by atoms with Gasteiger partial charge in [0.15, 0.2) is 0 Å². The molecule has 1 aromatic carbocycles. The maximum Gasteiger partial charge on any atom is 0.573 e. The van der Waals surface area contributed by atoms with Crippen molar-refractivity contribution in [3.8, 4) is 17.6 Å². The number of ether oxygens (including phenoxy) is 1. The number of nitrogens with two attached hydrogens (primary N) is 1. The van der Waals surface area contributed by atoms with Crippen molar-refractivity contribution >= 4 is 18.3 Å². The van der Waals surface area contributed by atoms with Crippen LogP contribution in [0.15, 0.2) is 18.2 Å². The normalized spacial score (nSPS) is 10.6. The highest BCUT2D eigenvalue weighted by Crippen LogP contribution is 2.27. The lowest BCUT2D eigenvalue weighted by Crippen LogP contribution is -2.17. The van der Waals surface area contributed by atoms with Gasteiger partial charge in [0.1, 0.15) is 5.75 Å². The van der Waals surface area contributed by atoms with Crippen LogP contribution < -0.4 is 10.5 Å². The molecule has 0 aromatic heterocycles. The van der Waals surface area contributed by atoms with Crippen LogP contribution in [0.25, 0.3) is 0 Å². The Labute approximate surface area is 102 Å². The summed E-state index contributed by atoms with van der Waals surface area (Å²) in [6.07, 6.45) is -4.26. The first-order valence-corrected chi connectivity index (χ1v) is 5.30. The van der Waals surface area contributed by atoms with Crippen molar-refractivity contribution in [1.29, 1.82) is 0 Å². The SMILES string of the molecule is Nc1ccc(OC(F)(F)F)c(C#CCCS)c1. The van der Waals surface area contributed by atoms with Gasteiger partial charge in [0.25, 0.3) is 0 Å². The fraction of sp³-hybridized carbons (Fsp3) is 0.273. The van der Waals surface area contributed by atoms with Gasteiger partial charge < -0.3 is 10.5 Å². The molecule has 2 nitrogen and oxygen atoms in total. The minimum Gasteiger partial charge on any atom is -0.404 e. The Morgan fingerprint density at radius 2 is 2.06 bits per heavy atom. The Morgan fingerprint density at radius 1 is 1.35 bits per heavy atom. The van der Waals surface area contributed by atoms with Crippen molar-refractivity contribution in [2.24, 2.45) is 0 Å². The Balaban J connectivity index is 3.01. The van der Waals surface area contributed by atoms with Crippen LogP contribution in [0.3, 0.4) is 0 Å². The van der Waals surface area contributed by atoms with Crippen molar-refractivity contribution in [1.82, 2.24) is 0 Å². The van der Waals surface area contributed by atoms with Crippen LogP contribution in [-0.4, -0.2) is 12.1 Å². The molecule has 92 valence electrons. The van der Waals surface area contributed by atoms with E-state index in [4.69, 9.17) is 5.73 Å². The zero-order valence-corrected chi connectivity index (χ0v) is 9.61. The van der Waals surface area contributed by atoms with E-state index in [9.17, 15) is 13.2 Å². The minimum atomic E-state index is -4.74. The van der Waals surface area contributed by atoms with Gasteiger partial charge in [-0.3, -0.25) is 0 Å². The highest BCUT2D eigenvalue weighted by Gasteiger charge is 2.31. The average Bonchev–Trinajstić information content (AvgIpc) is 2.20. The van der Waals surface area contributed by atoms with E-state index >= 15 is 0 Å². The first kappa shape index (κ1) is 13.6. The summed E-state index contributed by atoms with van der Waals surface area (Å²) in [5.74, 6) is 5.43. The number of nitrogen functional groups attached to an aromatic ring is 1. The van der Waals surface area contributed by atoms with E-state index in [1.807, 2.05) is 0 Å². The molecule has 2 N–H and O–H groups in total. The number of alkyl halides is 3. The van der Waals surface area contributed by atoms with Crippen molar-refractivity contribution in [2.45, 2.75) is 12.8 Å². The van der Waals surface area contributed by atoms with Gasteiger partial charge in [-0.1, -0.05) is 11.8 Å². The van der Waals surface area contributed by atoms with E-state index in [2.05, 4.69) is 29.2 Å². The molecule has 0 fully saturated rings. The molecule has 0 unspecified atom stereocenters. The molecule has 1 rings (SSSR count). The number of anilines is 1. The molecule has 0 aliphatic rings. The lowest BCUT2D eigenvalue weighted by Gasteiger charge is -2.10. The summed E-state index contributed by atoms with van der Waals surface area (Å²) in [5, 5.41) is 0. The van der Waals surface area contributed by atoms with Gasteiger partial charge >= 0.3 is 6.36 Å². The molecule has 0 saturated carbocycles. The van der Waals surface area contributed by atoms with Crippen molar-refractivity contribution in [3.05, 3.63) is 23.8 Å². The zero-order valence-electron chi connectivity index (χ0n) is 8.71. The van der Waals surface area contributed by atoms with Crippen molar-refractivity contribution in [3.63, 3.8) is 0 Å². The standard InChI is InChI=1S/C11H10F3NOS/c12-11(13,14)16-10-5-4-9(15)7-8(10)3-1-2-6-17/h4-5,7,17H,2,6,15H2. The van der Waals surface area contributed by atoms with Gasteiger partial charge in [0.2, 0.25) is 0 Å². The summed E-state index contributed by atoms with van der Waals surface area (Å²) >= 11 is 3.94. The fourth-order valence-corrected chi connectivity index (χ4v) is 1.18. The predicted molar refractivity (Wildman–Crippen MR) is 62.9 cm³/mol. The van der Waals surface area contributed by atoms with Crippen LogP contribution >= 0.6 is 12.6 Å². The smallest absolute Gasteiger partial charge is 0.404 e. The molecule has 0 bridgehead atoms. The van der Waals surface area contributed by atoms with Crippen LogP contribution in [0.1, 0.15) is 12.0 Å². The second-order valence-corrected chi connectivity index (χ2v) is 3.53. The third kappa shape index (κ3) is 4.91. The number of halogens is 3. The van der Waals surface area contributed by atoms with E-state index in [1.54, 1.807) is 0 Å². The molecule has 0 radical (unpaired) electrons. The summed E-state index contributed by atoms with van der Waals surface area (Å²) < 4.78 is 40.1. The van der Waals surface area contributed by atoms with Crippen LogP contribution in [0.4, 0.5) is 18.9 Å². The first-order valence-electron chi connectivity index (χ1n) is 4.67. The Kier molecular flexibility index (Phi) is 4.58. The highest BCUT2D eigenvalue weighted by atomic mass is 32.1. The van der Waals surface area contributed by atoms with E-state index in [1.165, 1.54) is 12.1 Å². The molecule has 0 spiro atoms. The molecule has 0 amide bonds. The van der Waals surface area contributed by atoms with E-state index in [0.717, 1.165) is 6.07 Å². The Bertz CT molecular complexity index is 448. The quantitative estimate of drug-likeness (QED) is 0.488. The summed E-state index contributed by atoms with van der Waals surface area (Å²) in [7, 11) is 0. The summed E-state index contributed by atoms with van der Waals surface area (Å²) in [5.41, 5.74) is 5.92. The summed E-state index contributed by atoms with van der Waals surface area (Å²) in [6, 6.07) is 3.81. The third-order valence-corrected chi connectivity index (χ3v) is 1.91. The van der Waals surface area contributed by atoms with E-state index in [-0.39, 0.29) is 11.3 Å². The number of thiol groups is 1. The summed E-state index contributed by atoms with van der Waals surface area (Å²) in [6.45, 7) is 0. The zero-order chi connectivity index (χ0) is 12.9. The monoisotopic (exact) mass is 261 g/mol. The minimum absolute atomic E-state index is 0.115. The Morgan fingerprint density at radius 3 is 2.65 bits per heavy atom. The van der Waals surface area contributed by atoms with Gasteiger partial charge in [0, 0.05) is 17.9 Å². The molecular weight excluding hydrogens is 251 g/mol. The largest absolute Gasteiger partial charge is 0.573 e. The number of hydrogen-bond donors (Lipinski definition) is 2. The molecule has 0 saturated heterocycles. The third-order valence-electron chi connectivity index (χ3n) is 1.69. The number of hydrogen-bond acceptors (Lipinski definition) is 3. The maximum atomic E-state index is 12.1. The van der Waals surface area contributed by atoms with Crippen LogP contribution in [-0.2, 0) is 0 Å². The van der Waals surface area contributed by atoms with E-state index in [0.29, 0.717) is 17.9 Å². The van der Waals surface area contributed by atoms with Gasteiger partial charge in [-0.05, 0) is 18.2 Å². The lowest BCUT2D eigenvalue weighted by molar-refractivity contribution is -0.274. The number of benzene rings is 1. The van der Waals surface area contributed by atoms with Crippen LogP contribution in [0.2, 0.25) is 0 Å². The van der Waals surface area contributed by atoms with Crippen LogP contribution in [0, 0.1) is 11.8 Å². The molecule has 0 heterocycles. The predicted octanol–water partition coefficient (Wildman–Crippen LogP) is 2.84. The highest BCUT2D eigenvalue weighted by molar-refractivity contribution is 7.80. The average molecular weight is 261 g/mol. The molecule has 0 aliphatic heterocycles. The molecule has 0 aliphatic carbocycles. The van der Waals surface area contributed by atoms with E-state index < -0.39 is 6.36 Å². The molecular formula is C11H10F3NOS. The first-order chi connectivity index (χ1) is 7.92. The summed E-state index contributed by atoms with van der Waals surface area (Å²) in [4.78, 5) is 0. The van der Waals surface area contributed by atoms with Gasteiger partial charge in [0.05, 0.1) is 5.56 Å². The van der Waals surface area contributed by atoms with Crippen molar-refractivity contribution < 1.29 is 17.9 Å². The molecule has 17 heavy (non-hydrogen) atoms. The molecule has 6 heteroatoms. The van der Waals surface area contributed by atoms with Gasteiger partial charge in [-0.25, -0.2) is 0 Å². The van der Waals surface area contributed by atoms with Gasteiger partial charge in [-0.2, -0.15) is 12.6 Å². The van der Waals surface area contributed by atoms with Gasteiger partial charge in [-0.15, -0.1) is 13.2 Å². The number of rotatable bonds is 2. The molecule has 1 aromatic rings.